The highest BCUT2D eigenvalue weighted by molar-refractivity contribution is 9.10. The van der Waals surface area contributed by atoms with Gasteiger partial charge >= 0.3 is 0 Å². The molecule has 3 aromatic rings. The van der Waals surface area contributed by atoms with Crippen molar-refractivity contribution in [3.8, 4) is 0 Å². The first kappa shape index (κ1) is 18.6. The second-order valence-corrected chi connectivity index (χ2v) is 7.31. The molecule has 0 fully saturated rings. The molecule has 1 amide bonds. The smallest absolute Gasteiger partial charge is 0.257 e. The number of halogens is 1. The third-order valence-electron chi connectivity index (χ3n) is 3.71. The van der Waals surface area contributed by atoms with Gasteiger partial charge in [-0.15, -0.1) is 11.3 Å². The van der Waals surface area contributed by atoms with Crippen molar-refractivity contribution in [1.29, 1.82) is 0 Å². The Morgan fingerprint density at radius 1 is 1.15 bits per heavy atom. The molecule has 26 heavy (non-hydrogen) atoms. The van der Waals surface area contributed by atoms with Crippen LogP contribution in [-0.2, 0) is 13.0 Å². The van der Waals surface area contributed by atoms with E-state index in [4.69, 9.17) is 5.11 Å². The van der Waals surface area contributed by atoms with Crippen LogP contribution in [0.25, 0.3) is 0 Å². The van der Waals surface area contributed by atoms with E-state index >= 15 is 0 Å². The zero-order valence-corrected chi connectivity index (χ0v) is 16.3. The number of thiazole rings is 1. The van der Waals surface area contributed by atoms with Gasteiger partial charge in [-0.1, -0.05) is 24.3 Å². The average molecular weight is 432 g/mol. The molecule has 7 heteroatoms. The summed E-state index contributed by atoms with van der Waals surface area (Å²) >= 11 is 4.86. The van der Waals surface area contributed by atoms with E-state index < -0.39 is 0 Å². The van der Waals surface area contributed by atoms with Crippen molar-refractivity contribution in [3.05, 3.63) is 75.2 Å². The molecule has 3 N–H and O–H groups in total. The van der Waals surface area contributed by atoms with E-state index in [-0.39, 0.29) is 12.5 Å². The number of aliphatic hydroxyl groups excluding tert-OH is 1. The van der Waals surface area contributed by atoms with Crippen molar-refractivity contribution in [2.75, 3.05) is 17.2 Å². The van der Waals surface area contributed by atoms with Crippen LogP contribution in [0.4, 0.5) is 10.8 Å². The molecule has 134 valence electrons. The van der Waals surface area contributed by atoms with Crippen LogP contribution in [0, 0.1) is 0 Å². The lowest BCUT2D eigenvalue weighted by atomic mass is 10.1. The van der Waals surface area contributed by atoms with E-state index in [1.165, 1.54) is 11.3 Å². The van der Waals surface area contributed by atoms with E-state index in [1.54, 1.807) is 12.1 Å². The minimum atomic E-state index is -0.194. The molecule has 5 nitrogen and oxygen atoms in total. The van der Waals surface area contributed by atoms with Gasteiger partial charge in [-0.3, -0.25) is 10.1 Å². The SMILES string of the molecule is O=C(Nc1nc(CCO)cs1)c1ccc(CNc2ccccc2Br)cc1. The molecule has 0 atom stereocenters. The van der Waals surface area contributed by atoms with Crippen LogP contribution < -0.4 is 10.6 Å². The standard InChI is InChI=1S/C19H18BrN3O2S/c20-16-3-1-2-4-17(16)21-11-13-5-7-14(8-6-13)18(25)23-19-22-15(9-10-24)12-26-19/h1-8,12,21,24H,9-11H2,(H,22,23,25). The van der Waals surface area contributed by atoms with Gasteiger partial charge in [-0.05, 0) is 45.8 Å². The number of aromatic nitrogens is 1. The maximum absolute atomic E-state index is 12.3. The summed E-state index contributed by atoms with van der Waals surface area (Å²) in [5.41, 5.74) is 3.46. The summed E-state index contributed by atoms with van der Waals surface area (Å²) in [7, 11) is 0. The van der Waals surface area contributed by atoms with Crippen LogP contribution in [0.1, 0.15) is 21.6 Å². The number of aliphatic hydroxyl groups is 1. The summed E-state index contributed by atoms with van der Waals surface area (Å²) in [6.45, 7) is 0.716. The number of nitrogens with one attached hydrogen (secondary N) is 2. The summed E-state index contributed by atoms with van der Waals surface area (Å²) in [6.07, 6.45) is 0.492. The van der Waals surface area contributed by atoms with Crippen molar-refractivity contribution in [2.45, 2.75) is 13.0 Å². The molecule has 0 aliphatic carbocycles. The van der Waals surface area contributed by atoms with Crippen LogP contribution in [0.15, 0.2) is 58.4 Å². The first-order chi connectivity index (χ1) is 12.7. The number of benzene rings is 2. The van der Waals surface area contributed by atoms with Gasteiger partial charge < -0.3 is 10.4 Å². The number of hydrogen-bond donors (Lipinski definition) is 3. The number of para-hydroxylation sites is 1. The Hall–Kier alpha value is -2.22. The maximum Gasteiger partial charge on any atom is 0.257 e. The Labute approximate surface area is 164 Å². The van der Waals surface area contributed by atoms with Gasteiger partial charge in [0.05, 0.1) is 5.69 Å². The lowest BCUT2D eigenvalue weighted by molar-refractivity contribution is 0.102. The van der Waals surface area contributed by atoms with Crippen LogP contribution in [0.2, 0.25) is 0 Å². The van der Waals surface area contributed by atoms with Crippen LogP contribution in [-0.4, -0.2) is 22.6 Å². The molecule has 3 rings (SSSR count). The van der Waals surface area contributed by atoms with Gasteiger partial charge in [0, 0.05) is 40.7 Å². The summed E-state index contributed by atoms with van der Waals surface area (Å²) in [6, 6.07) is 15.4. The summed E-state index contributed by atoms with van der Waals surface area (Å²) in [5.74, 6) is -0.194. The van der Waals surface area contributed by atoms with E-state index in [0.29, 0.717) is 23.7 Å². The fraction of sp³-hybridized carbons (Fsp3) is 0.158. The highest BCUT2D eigenvalue weighted by Crippen LogP contribution is 2.22. The molecule has 2 aromatic carbocycles. The number of anilines is 2. The number of amides is 1. The fourth-order valence-corrected chi connectivity index (χ4v) is 3.50. The Morgan fingerprint density at radius 2 is 1.92 bits per heavy atom. The van der Waals surface area contributed by atoms with Gasteiger partial charge in [0.25, 0.3) is 5.91 Å². The Bertz CT molecular complexity index is 881. The van der Waals surface area contributed by atoms with Gasteiger partial charge in [-0.25, -0.2) is 4.98 Å². The molecule has 0 unspecified atom stereocenters. The van der Waals surface area contributed by atoms with Gasteiger partial charge in [0.15, 0.2) is 5.13 Å². The molecular formula is C19H18BrN3O2S. The highest BCUT2D eigenvalue weighted by Gasteiger charge is 2.09. The second kappa shape index (κ2) is 8.93. The van der Waals surface area contributed by atoms with Crippen LogP contribution in [0.5, 0.6) is 0 Å². The van der Waals surface area contributed by atoms with E-state index in [0.717, 1.165) is 21.4 Å². The minimum Gasteiger partial charge on any atom is -0.396 e. The molecule has 0 saturated carbocycles. The number of carbonyl (C=O) groups is 1. The van der Waals surface area contributed by atoms with Gasteiger partial charge in [-0.2, -0.15) is 0 Å². The molecule has 0 saturated heterocycles. The quantitative estimate of drug-likeness (QED) is 0.521. The number of hydrogen-bond acceptors (Lipinski definition) is 5. The average Bonchev–Trinajstić information content (AvgIpc) is 3.09. The van der Waals surface area contributed by atoms with Crippen molar-refractivity contribution >= 4 is 44.0 Å². The summed E-state index contributed by atoms with van der Waals surface area (Å²) in [4.78, 5) is 16.6. The zero-order chi connectivity index (χ0) is 18.4. The van der Waals surface area contributed by atoms with Crippen molar-refractivity contribution < 1.29 is 9.90 Å². The van der Waals surface area contributed by atoms with Gasteiger partial charge in [0.2, 0.25) is 0 Å². The molecule has 0 aliphatic heterocycles. The zero-order valence-electron chi connectivity index (χ0n) is 13.9. The molecule has 0 spiro atoms. The van der Waals surface area contributed by atoms with E-state index in [1.807, 2.05) is 41.8 Å². The predicted octanol–water partition coefficient (Wildman–Crippen LogP) is 4.30. The number of nitrogens with zero attached hydrogens (tertiary/aromatic N) is 1. The van der Waals surface area contributed by atoms with E-state index in [9.17, 15) is 4.79 Å². The Morgan fingerprint density at radius 3 is 2.65 bits per heavy atom. The topological polar surface area (TPSA) is 74.2 Å². The lowest BCUT2D eigenvalue weighted by Gasteiger charge is -2.09. The third-order valence-corrected chi connectivity index (χ3v) is 5.21. The Kier molecular flexibility index (Phi) is 6.38. The Balaban J connectivity index is 1.57. The predicted molar refractivity (Wildman–Crippen MR) is 109 cm³/mol. The minimum absolute atomic E-state index is 0.0478. The molecule has 1 heterocycles. The molecule has 0 bridgehead atoms. The molecule has 1 aromatic heterocycles. The summed E-state index contributed by atoms with van der Waals surface area (Å²) in [5, 5.41) is 17.4. The second-order valence-electron chi connectivity index (χ2n) is 5.60. The van der Waals surface area contributed by atoms with Gasteiger partial charge in [0.1, 0.15) is 0 Å². The maximum atomic E-state index is 12.3. The molecular weight excluding hydrogens is 414 g/mol. The molecule has 0 radical (unpaired) electrons. The first-order valence-electron chi connectivity index (χ1n) is 8.09. The number of carbonyl (C=O) groups excluding carboxylic acids is 1. The highest BCUT2D eigenvalue weighted by atomic mass is 79.9. The monoisotopic (exact) mass is 431 g/mol. The third kappa shape index (κ3) is 4.91. The van der Waals surface area contributed by atoms with E-state index in [2.05, 4.69) is 31.5 Å². The van der Waals surface area contributed by atoms with Crippen molar-refractivity contribution in [2.24, 2.45) is 0 Å². The van der Waals surface area contributed by atoms with Crippen molar-refractivity contribution in [3.63, 3.8) is 0 Å². The number of rotatable bonds is 7. The lowest BCUT2D eigenvalue weighted by Crippen LogP contribution is -2.12. The normalized spacial score (nSPS) is 10.5. The fourth-order valence-electron chi connectivity index (χ4n) is 2.34. The molecule has 0 aliphatic rings. The van der Waals surface area contributed by atoms with Crippen LogP contribution in [0.3, 0.4) is 0 Å². The summed E-state index contributed by atoms with van der Waals surface area (Å²) < 4.78 is 1.01. The largest absolute Gasteiger partial charge is 0.396 e. The first-order valence-corrected chi connectivity index (χ1v) is 9.77. The van der Waals surface area contributed by atoms with Crippen molar-refractivity contribution in [1.82, 2.24) is 4.98 Å². The van der Waals surface area contributed by atoms with Crippen LogP contribution >= 0.6 is 27.3 Å².